The normalized spacial score (nSPS) is 12.4. The molecular weight excluding hydrogens is 391 g/mol. The van der Waals surface area contributed by atoms with Gasteiger partial charge in [0.2, 0.25) is 5.88 Å². The van der Waals surface area contributed by atoms with Crippen LogP contribution in [0.4, 0.5) is 5.69 Å². The van der Waals surface area contributed by atoms with E-state index in [1.54, 1.807) is 36.4 Å². The molecule has 0 saturated heterocycles. The minimum absolute atomic E-state index is 0.0318. The van der Waals surface area contributed by atoms with Gasteiger partial charge in [-0.2, -0.15) is 0 Å². The SMILES string of the molecule is CC(NC(=O)c1ccccc1)C(=O)N=Nc1c(O)[nH]c2c(Cl)cc(Cl)cc12. The van der Waals surface area contributed by atoms with Crippen LogP contribution in [0.15, 0.2) is 52.7 Å². The highest BCUT2D eigenvalue weighted by Crippen LogP contribution is 2.40. The Kier molecular flexibility index (Phi) is 5.43. The molecule has 9 heteroatoms. The van der Waals surface area contributed by atoms with Crippen LogP contribution < -0.4 is 5.32 Å². The molecule has 3 aromatic rings. The van der Waals surface area contributed by atoms with E-state index in [-0.39, 0.29) is 11.6 Å². The Morgan fingerprint density at radius 1 is 1.19 bits per heavy atom. The second-order valence-corrected chi connectivity index (χ2v) is 6.58. The molecule has 138 valence electrons. The summed E-state index contributed by atoms with van der Waals surface area (Å²) in [7, 11) is 0. The summed E-state index contributed by atoms with van der Waals surface area (Å²) < 4.78 is 0. The number of carbonyl (C=O) groups excluding carboxylic acids is 2. The zero-order valence-corrected chi connectivity index (χ0v) is 15.5. The van der Waals surface area contributed by atoms with Crippen molar-refractivity contribution in [1.82, 2.24) is 10.3 Å². The van der Waals surface area contributed by atoms with E-state index in [1.165, 1.54) is 13.0 Å². The van der Waals surface area contributed by atoms with Crippen LogP contribution in [0.2, 0.25) is 10.0 Å². The van der Waals surface area contributed by atoms with Gasteiger partial charge in [-0.15, -0.1) is 10.2 Å². The van der Waals surface area contributed by atoms with Crippen molar-refractivity contribution in [2.45, 2.75) is 13.0 Å². The highest BCUT2D eigenvalue weighted by atomic mass is 35.5. The van der Waals surface area contributed by atoms with E-state index >= 15 is 0 Å². The van der Waals surface area contributed by atoms with E-state index < -0.39 is 17.9 Å². The third-order valence-electron chi connectivity index (χ3n) is 3.78. The zero-order chi connectivity index (χ0) is 19.6. The third-order valence-corrected chi connectivity index (χ3v) is 4.30. The lowest BCUT2D eigenvalue weighted by atomic mass is 10.2. The number of H-pyrrole nitrogens is 1. The van der Waals surface area contributed by atoms with E-state index in [2.05, 4.69) is 20.5 Å². The zero-order valence-electron chi connectivity index (χ0n) is 14.0. The van der Waals surface area contributed by atoms with Crippen molar-refractivity contribution in [2.75, 3.05) is 0 Å². The molecule has 2 aromatic carbocycles. The minimum atomic E-state index is -0.902. The summed E-state index contributed by atoms with van der Waals surface area (Å²) in [6.07, 6.45) is 0. The van der Waals surface area contributed by atoms with Gasteiger partial charge in [0, 0.05) is 16.0 Å². The molecular formula is C18H14Cl2N4O3. The largest absolute Gasteiger partial charge is 0.493 e. The Hall–Kier alpha value is -2.90. The van der Waals surface area contributed by atoms with Gasteiger partial charge in [-0.05, 0) is 31.2 Å². The van der Waals surface area contributed by atoms with E-state index in [9.17, 15) is 14.7 Å². The lowest BCUT2D eigenvalue weighted by molar-refractivity contribution is -0.119. The Morgan fingerprint density at radius 2 is 1.89 bits per heavy atom. The lowest BCUT2D eigenvalue weighted by Gasteiger charge is -2.09. The predicted octanol–water partition coefficient (Wildman–Crippen LogP) is 4.61. The highest BCUT2D eigenvalue weighted by Gasteiger charge is 2.18. The molecule has 0 bridgehead atoms. The van der Waals surface area contributed by atoms with Crippen molar-refractivity contribution in [1.29, 1.82) is 0 Å². The molecule has 1 atom stereocenters. The molecule has 1 unspecified atom stereocenters. The van der Waals surface area contributed by atoms with E-state index in [1.807, 2.05) is 0 Å². The number of nitrogens with one attached hydrogen (secondary N) is 2. The fraction of sp³-hybridized carbons (Fsp3) is 0.111. The molecule has 27 heavy (non-hydrogen) atoms. The number of carbonyl (C=O) groups is 2. The quantitative estimate of drug-likeness (QED) is 0.552. The Morgan fingerprint density at radius 3 is 2.59 bits per heavy atom. The van der Waals surface area contributed by atoms with E-state index in [4.69, 9.17) is 23.2 Å². The highest BCUT2D eigenvalue weighted by molar-refractivity contribution is 6.38. The number of azo groups is 1. The number of halogens is 2. The molecule has 1 heterocycles. The smallest absolute Gasteiger partial charge is 0.286 e. The van der Waals surface area contributed by atoms with Crippen molar-refractivity contribution in [3.05, 3.63) is 58.1 Å². The van der Waals surface area contributed by atoms with Gasteiger partial charge in [-0.3, -0.25) is 9.59 Å². The van der Waals surface area contributed by atoms with Gasteiger partial charge in [-0.1, -0.05) is 41.4 Å². The number of benzene rings is 2. The molecule has 0 aliphatic heterocycles. The van der Waals surface area contributed by atoms with Crippen molar-refractivity contribution < 1.29 is 14.7 Å². The molecule has 0 spiro atoms. The first-order valence-corrected chi connectivity index (χ1v) is 8.63. The molecule has 3 N–H and O–H groups in total. The van der Waals surface area contributed by atoms with Crippen LogP contribution in [0, 0.1) is 0 Å². The first-order chi connectivity index (χ1) is 12.9. The molecule has 1 aromatic heterocycles. The molecule has 0 radical (unpaired) electrons. The average molecular weight is 405 g/mol. The van der Waals surface area contributed by atoms with Gasteiger partial charge in [0.05, 0.1) is 10.5 Å². The number of hydrogen-bond donors (Lipinski definition) is 3. The average Bonchev–Trinajstić information content (AvgIpc) is 2.96. The maximum absolute atomic E-state index is 12.2. The minimum Gasteiger partial charge on any atom is -0.493 e. The number of rotatable bonds is 4. The predicted molar refractivity (Wildman–Crippen MR) is 103 cm³/mol. The number of aromatic amines is 1. The first-order valence-electron chi connectivity index (χ1n) is 7.88. The van der Waals surface area contributed by atoms with Crippen molar-refractivity contribution >= 4 is 51.6 Å². The van der Waals surface area contributed by atoms with Crippen LogP contribution in [0.25, 0.3) is 10.9 Å². The van der Waals surface area contributed by atoms with Crippen LogP contribution in [0.5, 0.6) is 5.88 Å². The summed E-state index contributed by atoms with van der Waals surface area (Å²) >= 11 is 12.0. The monoisotopic (exact) mass is 404 g/mol. The Balaban J connectivity index is 1.78. The van der Waals surface area contributed by atoms with Crippen LogP contribution in [-0.2, 0) is 4.79 Å². The maximum Gasteiger partial charge on any atom is 0.286 e. The standard InChI is InChI=1S/C18H14Cl2N4O3/c1-9(21-17(26)10-5-3-2-4-6-10)16(25)24-23-15-12-7-11(19)8-13(20)14(12)22-18(15)27/h2-9,22,27H,1H3,(H,21,26). The summed E-state index contributed by atoms with van der Waals surface area (Å²) in [5.41, 5.74) is 0.877. The van der Waals surface area contributed by atoms with Gasteiger partial charge in [0.15, 0.2) is 5.69 Å². The fourth-order valence-electron chi connectivity index (χ4n) is 2.41. The molecule has 3 rings (SSSR count). The number of hydrogen-bond acceptors (Lipinski definition) is 4. The topological polar surface area (TPSA) is 107 Å². The molecule has 0 aliphatic carbocycles. The molecule has 2 amide bonds. The maximum atomic E-state index is 12.2. The van der Waals surface area contributed by atoms with Crippen molar-refractivity contribution in [2.24, 2.45) is 10.2 Å². The van der Waals surface area contributed by atoms with Gasteiger partial charge in [0.25, 0.3) is 11.8 Å². The van der Waals surface area contributed by atoms with Gasteiger partial charge >= 0.3 is 0 Å². The van der Waals surface area contributed by atoms with Crippen LogP contribution in [-0.4, -0.2) is 27.9 Å². The number of aromatic hydroxyl groups is 1. The molecule has 0 fully saturated rings. The molecule has 7 nitrogen and oxygen atoms in total. The number of nitrogens with zero attached hydrogens (tertiary/aromatic N) is 2. The second kappa shape index (κ2) is 7.77. The molecule has 0 aliphatic rings. The van der Waals surface area contributed by atoms with Crippen molar-refractivity contribution in [3.63, 3.8) is 0 Å². The summed E-state index contributed by atoms with van der Waals surface area (Å²) in [5.74, 6) is -1.38. The molecule has 0 saturated carbocycles. The number of fused-ring (bicyclic) bond motifs is 1. The third kappa shape index (κ3) is 4.10. The summed E-state index contributed by atoms with van der Waals surface area (Å²) in [5, 5.41) is 21.0. The Labute approximate surface area is 164 Å². The second-order valence-electron chi connectivity index (χ2n) is 5.73. The summed E-state index contributed by atoms with van der Waals surface area (Å²) in [4.78, 5) is 26.9. The number of aromatic nitrogens is 1. The van der Waals surface area contributed by atoms with Gasteiger partial charge < -0.3 is 15.4 Å². The van der Waals surface area contributed by atoms with Crippen LogP contribution in [0.3, 0.4) is 0 Å². The number of amides is 2. The Bertz CT molecular complexity index is 1050. The summed E-state index contributed by atoms with van der Waals surface area (Å²) in [6, 6.07) is 10.6. The van der Waals surface area contributed by atoms with Gasteiger partial charge in [0.1, 0.15) is 6.04 Å². The lowest BCUT2D eigenvalue weighted by Crippen LogP contribution is -2.37. The fourth-order valence-corrected chi connectivity index (χ4v) is 2.95. The van der Waals surface area contributed by atoms with Crippen LogP contribution in [0.1, 0.15) is 17.3 Å². The van der Waals surface area contributed by atoms with Crippen molar-refractivity contribution in [3.8, 4) is 5.88 Å². The van der Waals surface area contributed by atoms with E-state index in [0.29, 0.717) is 26.5 Å². The first kappa shape index (κ1) is 18.9. The van der Waals surface area contributed by atoms with Gasteiger partial charge in [-0.25, -0.2) is 0 Å². The van der Waals surface area contributed by atoms with Crippen LogP contribution >= 0.6 is 23.2 Å². The summed E-state index contributed by atoms with van der Waals surface area (Å²) in [6.45, 7) is 1.49. The van der Waals surface area contributed by atoms with E-state index in [0.717, 1.165) is 0 Å².